The van der Waals surface area contributed by atoms with Crippen molar-refractivity contribution in [1.82, 2.24) is 19.4 Å². The number of fused-ring (bicyclic) bond motifs is 1. The summed E-state index contributed by atoms with van der Waals surface area (Å²) in [5.41, 5.74) is 13.1. The fourth-order valence-electron chi connectivity index (χ4n) is 5.30. The standard InChI is InChI=1S/C30H32N6O/c1-34(2)30(37)22-6-4-20(5-7-22)21-11-14-36(15-12-21)19-25-17-27-26(10-13-33-29(27)35(25)3)23-8-9-28(32)24(16-23)18-31/h4-10,13,16-17,21H,11-12,14-15,19,32H2,1-3H3. The molecule has 188 valence electrons. The van der Waals surface area contributed by atoms with Gasteiger partial charge in [-0.2, -0.15) is 5.26 Å². The molecule has 0 saturated carbocycles. The Hall–Kier alpha value is -4.15. The summed E-state index contributed by atoms with van der Waals surface area (Å²) in [6.45, 7) is 2.91. The molecule has 0 spiro atoms. The van der Waals surface area contributed by atoms with E-state index in [1.807, 2.05) is 36.5 Å². The second-order valence-electron chi connectivity index (χ2n) is 10.1. The van der Waals surface area contributed by atoms with Gasteiger partial charge in [0.15, 0.2) is 0 Å². The predicted octanol–water partition coefficient (Wildman–Crippen LogP) is 4.78. The van der Waals surface area contributed by atoms with Crippen molar-refractivity contribution in [2.75, 3.05) is 32.9 Å². The molecule has 1 fully saturated rings. The van der Waals surface area contributed by atoms with Crippen LogP contribution in [-0.2, 0) is 13.6 Å². The van der Waals surface area contributed by atoms with Crippen molar-refractivity contribution in [1.29, 1.82) is 5.26 Å². The van der Waals surface area contributed by atoms with Gasteiger partial charge in [0.25, 0.3) is 5.91 Å². The van der Waals surface area contributed by atoms with Crippen LogP contribution in [0.5, 0.6) is 0 Å². The van der Waals surface area contributed by atoms with Gasteiger partial charge in [0.2, 0.25) is 0 Å². The summed E-state index contributed by atoms with van der Waals surface area (Å²) in [5, 5.41) is 10.5. The number of piperidine rings is 1. The highest BCUT2D eigenvalue weighted by Crippen LogP contribution is 2.33. The lowest BCUT2D eigenvalue weighted by atomic mass is 9.89. The molecule has 5 rings (SSSR count). The molecule has 37 heavy (non-hydrogen) atoms. The first-order valence-electron chi connectivity index (χ1n) is 12.6. The van der Waals surface area contributed by atoms with Gasteiger partial charge in [-0.15, -0.1) is 0 Å². The minimum atomic E-state index is 0.0378. The van der Waals surface area contributed by atoms with E-state index >= 15 is 0 Å². The van der Waals surface area contributed by atoms with Crippen molar-refractivity contribution >= 4 is 22.6 Å². The molecule has 1 aliphatic heterocycles. The number of nitrogens with two attached hydrogens (primary N) is 1. The third kappa shape index (κ3) is 4.81. The Kier molecular flexibility index (Phi) is 6.68. The number of anilines is 1. The van der Waals surface area contributed by atoms with Crippen LogP contribution in [0.4, 0.5) is 5.69 Å². The first-order chi connectivity index (χ1) is 17.9. The predicted molar refractivity (Wildman–Crippen MR) is 147 cm³/mol. The first-order valence-corrected chi connectivity index (χ1v) is 12.6. The summed E-state index contributed by atoms with van der Waals surface area (Å²) in [7, 11) is 5.63. The Balaban J connectivity index is 1.30. The molecular formula is C30H32N6O. The van der Waals surface area contributed by atoms with Crippen LogP contribution in [0.25, 0.3) is 22.2 Å². The van der Waals surface area contributed by atoms with Crippen LogP contribution in [0.15, 0.2) is 60.8 Å². The molecule has 1 aliphatic rings. The topological polar surface area (TPSA) is 91.2 Å². The molecule has 2 aromatic carbocycles. The molecule has 0 radical (unpaired) electrons. The van der Waals surface area contributed by atoms with E-state index in [-0.39, 0.29) is 5.91 Å². The van der Waals surface area contributed by atoms with Crippen molar-refractivity contribution in [3.63, 3.8) is 0 Å². The van der Waals surface area contributed by atoms with Crippen molar-refractivity contribution in [2.24, 2.45) is 7.05 Å². The minimum Gasteiger partial charge on any atom is -0.398 e. The van der Waals surface area contributed by atoms with Gasteiger partial charge in [-0.1, -0.05) is 18.2 Å². The number of nitrogens with zero attached hydrogens (tertiary/aromatic N) is 5. The summed E-state index contributed by atoms with van der Waals surface area (Å²) in [4.78, 5) is 20.9. The summed E-state index contributed by atoms with van der Waals surface area (Å²) in [6.07, 6.45) is 4.01. The van der Waals surface area contributed by atoms with Gasteiger partial charge in [0, 0.05) is 56.2 Å². The molecule has 7 heteroatoms. The van der Waals surface area contributed by atoms with E-state index in [9.17, 15) is 10.1 Å². The van der Waals surface area contributed by atoms with Crippen LogP contribution < -0.4 is 5.73 Å². The highest BCUT2D eigenvalue weighted by molar-refractivity contribution is 5.95. The van der Waals surface area contributed by atoms with Gasteiger partial charge in [0.05, 0.1) is 5.56 Å². The van der Waals surface area contributed by atoms with Crippen molar-refractivity contribution in [3.8, 4) is 17.2 Å². The maximum Gasteiger partial charge on any atom is 0.253 e. The number of nitrogen functional groups attached to an aromatic ring is 1. The largest absolute Gasteiger partial charge is 0.398 e. The lowest BCUT2D eigenvalue weighted by molar-refractivity contribution is 0.0827. The molecule has 2 aromatic heterocycles. The van der Waals surface area contributed by atoms with Gasteiger partial charge in [-0.3, -0.25) is 9.69 Å². The number of aryl methyl sites for hydroxylation is 1. The lowest BCUT2D eigenvalue weighted by Crippen LogP contribution is -2.33. The zero-order chi connectivity index (χ0) is 26.1. The summed E-state index contributed by atoms with van der Waals surface area (Å²) in [5.74, 6) is 0.552. The summed E-state index contributed by atoms with van der Waals surface area (Å²) >= 11 is 0. The zero-order valence-corrected chi connectivity index (χ0v) is 21.6. The summed E-state index contributed by atoms with van der Waals surface area (Å²) < 4.78 is 2.17. The SMILES string of the molecule is CN(C)C(=O)c1ccc(C2CCN(Cc3cc4c(-c5ccc(N)c(C#N)c5)ccnc4n3C)CC2)cc1. The summed E-state index contributed by atoms with van der Waals surface area (Å²) in [6, 6.07) is 20.1. The lowest BCUT2D eigenvalue weighted by Gasteiger charge is -2.32. The van der Waals surface area contributed by atoms with Crippen molar-refractivity contribution in [2.45, 2.75) is 25.3 Å². The Morgan fingerprint density at radius 1 is 1.11 bits per heavy atom. The molecule has 0 bridgehead atoms. The van der Waals surface area contributed by atoms with Crippen molar-refractivity contribution < 1.29 is 4.79 Å². The van der Waals surface area contributed by atoms with Gasteiger partial charge in [-0.25, -0.2) is 4.98 Å². The maximum atomic E-state index is 12.2. The third-order valence-electron chi connectivity index (χ3n) is 7.52. The number of carbonyl (C=O) groups excluding carboxylic acids is 1. The smallest absolute Gasteiger partial charge is 0.253 e. The molecule has 4 aromatic rings. The molecule has 3 heterocycles. The maximum absolute atomic E-state index is 12.2. The van der Waals surface area contributed by atoms with Crippen LogP contribution in [-0.4, -0.2) is 52.4 Å². The average molecular weight is 493 g/mol. The van der Waals surface area contributed by atoms with Crippen LogP contribution in [0.3, 0.4) is 0 Å². The Labute approximate surface area is 217 Å². The van der Waals surface area contributed by atoms with Gasteiger partial charge in [0.1, 0.15) is 11.7 Å². The average Bonchev–Trinajstić information content (AvgIpc) is 3.24. The minimum absolute atomic E-state index is 0.0378. The van der Waals surface area contributed by atoms with E-state index in [2.05, 4.69) is 45.8 Å². The van der Waals surface area contributed by atoms with E-state index < -0.39 is 0 Å². The second-order valence-corrected chi connectivity index (χ2v) is 10.1. The molecule has 0 aliphatic carbocycles. The van der Waals surface area contributed by atoms with Crippen LogP contribution in [0.2, 0.25) is 0 Å². The van der Waals surface area contributed by atoms with Gasteiger partial charge >= 0.3 is 0 Å². The number of carbonyl (C=O) groups is 1. The molecule has 0 atom stereocenters. The molecule has 7 nitrogen and oxygen atoms in total. The van der Waals surface area contributed by atoms with Crippen molar-refractivity contribution in [3.05, 3.63) is 83.2 Å². The number of hydrogen-bond donors (Lipinski definition) is 1. The van der Waals surface area contributed by atoms with E-state index in [1.54, 1.807) is 25.1 Å². The first kappa shape index (κ1) is 24.5. The number of hydrogen-bond acceptors (Lipinski definition) is 5. The van der Waals surface area contributed by atoms with E-state index in [1.165, 1.54) is 11.3 Å². The number of nitriles is 1. The number of benzene rings is 2. The quantitative estimate of drug-likeness (QED) is 0.405. The third-order valence-corrected chi connectivity index (χ3v) is 7.52. The second kappa shape index (κ2) is 10.1. The molecule has 2 N–H and O–H groups in total. The van der Waals surface area contributed by atoms with Crippen LogP contribution in [0, 0.1) is 11.3 Å². The Bertz CT molecular complexity index is 1490. The molecule has 0 unspecified atom stereocenters. The van der Waals surface area contributed by atoms with Crippen LogP contribution in [0.1, 0.15) is 45.9 Å². The van der Waals surface area contributed by atoms with Crippen LogP contribution >= 0.6 is 0 Å². The normalized spacial score (nSPS) is 14.5. The van der Waals surface area contributed by atoms with Gasteiger partial charge < -0.3 is 15.2 Å². The number of likely N-dealkylation sites (tertiary alicyclic amines) is 1. The highest BCUT2D eigenvalue weighted by Gasteiger charge is 2.22. The molecule has 1 amide bonds. The highest BCUT2D eigenvalue weighted by atomic mass is 16.2. The Morgan fingerprint density at radius 3 is 2.51 bits per heavy atom. The molecule has 1 saturated heterocycles. The number of amides is 1. The molecular weight excluding hydrogens is 460 g/mol. The number of pyridine rings is 1. The van der Waals surface area contributed by atoms with E-state index in [0.29, 0.717) is 17.2 Å². The number of aromatic nitrogens is 2. The number of rotatable bonds is 5. The fraction of sp³-hybridized carbons (Fsp3) is 0.300. The zero-order valence-electron chi connectivity index (χ0n) is 21.6. The van der Waals surface area contributed by atoms with E-state index in [4.69, 9.17) is 5.73 Å². The van der Waals surface area contributed by atoms with Gasteiger partial charge in [-0.05, 0) is 84.9 Å². The monoisotopic (exact) mass is 492 g/mol. The van der Waals surface area contributed by atoms with E-state index in [0.717, 1.165) is 60.2 Å². The Morgan fingerprint density at radius 2 is 1.84 bits per heavy atom. The fourth-order valence-corrected chi connectivity index (χ4v) is 5.30.